The Bertz CT molecular complexity index is 1670. The molecule has 0 aromatic carbocycles. The van der Waals surface area contributed by atoms with Crippen molar-refractivity contribution in [2.75, 3.05) is 26.4 Å². The van der Waals surface area contributed by atoms with Crippen LogP contribution in [0, 0.1) is 0 Å². The van der Waals surface area contributed by atoms with Gasteiger partial charge in [-0.1, -0.05) is 191 Å². The monoisotopic (exact) mass is 1160 g/mol. The van der Waals surface area contributed by atoms with Gasteiger partial charge in [0.15, 0.2) is 18.9 Å². The first-order valence-corrected chi connectivity index (χ1v) is 31.4. The van der Waals surface area contributed by atoms with Crippen molar-refractivity contribution in [3.8, 4) is 0 Å². The van der Waals surface area contributed by atoms with Gasteiger partial charge in [-0.05, 0) is 57.8 Å². The zero-order valence-corrected chi connectivity index (χ0v) is 49.3. The molecule has 3 saturated heterocycles. The van der Waals surface area contributed by atoms with Crippen LogP contribution in [0.1, 0.15) is 206 Å². The van der Waals surface area contributed by atoms with Gasteiger partial charge in [-0.15, -0.1) is 0 Å². The van der Waals surface area contributed by atoms with Gasteiger partial charge in [0.2, 0.25) is 5.91 Å². The Morgan fingerprint density at radius 2 is 0.815 bits per heavy atom. The van der Waals surface area contributed by atoms with Crippen molar-refractivity contribution in [2.45, 2.75) is 311 Å². The molecule has 3 aliphatic rings. The summed E-state index contributed by atoms with van der Waals surface area (Å²) in [6, 6.07) is -0.969. The fourth-order valence-electron chi connectivity index (χ4n) is 10.4. The van der Waals surface area contributed by atoms with E-state index in [4.69, 9.17) is 28.4 Å². The first kappa shape index (κ1) is 73.0. The number of nitrogens with one attached hydrogen (secondary N) is 1. The third-order valence-electron chi connectivity index (χ3n) is 15.6. The highest BCUT2D eigenvalue weighted by Gasteiger charge is 2.53. The minimum atomic E-state index is -1.98. The lowest BCUT2D eigenvalue weighted by atomic mass is 9.96. The minimum absolute atomic E-state index is 0.241. The Balaban J connectivity index is 1.31. The molecule has 12 N–H and O–H groups in total. The highest BCUT2D eigenvalue weighted by Crippen LogP contribution is 2.33. The maximum Gasteiger partial charge on any atom is 0.220 e. The first-order valence-electron chi connectivity index (χ1n) is 31.4. The van der Waals surface area contributed by atoms with E-state index in [1.54, 1.807) is 6.08 Å². The van der Waals surface area contributed by atoms with E-state index in [1.165, 1.54) is 122 Å². The molecule has 0 aliphatic carbocycles. The predicted molar refractivity (Wildman–Crippen MR) is 309 cm³/mol. The molecule has 81 heavy (non-hydrogen) atoms. The maximum absolute atomic E-state index is 13.2. The van der Waals surface area contributed by atoms with Crippen molar-refractivity contribution >= 4 is 5.91 Å². The van der Waals surface area contributed by atoms with Gasteiger partial charge in [-0.3, -0.25) is 4.79 Å². The molecule has 0 spiro atoms. The number of aliphatic hydroxyl groups is 11. The van der Waals surface area contributed by atoms with Gasteiger partial charge in [0.05, 0.1) is 38.6 Å². The van der Waals surface area contributed by atoms with Crippen LogP contribution in [-0.2, 0) is 33.2 Å². The maximum atomic E-state index is 13.2. The van der Waals surface area contributed by atoms with Gasteiger partial charge >= 0.3 is 0 Å². The summed E-state index contributed by atoms with van der Waals surface area (Å²) < 4.78 is 34.1. The van der Waals surface area contributed by atoms with Crippen molar-refractivity contribution in [1.29, 1.82) is 0 Å². The second-order valence-electron chi connectivity index (χ2n) is 22.5. The molecule has 3 aliphatic heterocycles. The highest BCUT2D eigenvalue weighted by atomic mass is 16.8. The van der Waals surface area contributed by atoms with Crippen molar-refractivity contribution in [1.82, 2.24) is 5.32 Å². The van der Waals surface area contributed by atoms with Crippen molar-refractivity contribution < 1.29 is 89.4 Å². The zero-order valence-electron chi connectivity index (χ0n) is 49.3. The lowest BCUT2D eigenvalue weighted by Crippen LogP contribution is -2.66. The molecule has 0 saturated carbocycles. The van der Waals surface area contributed by atoms with E-state index in [9.17, 15) is 61.0 Å². The van der Waals surface area contributed by atoms with Crippen LogP contribution >= 0.6 is 0 Å². The zero-order chi connectivity index (χ0) is 59.0. The van der Waals surface area contributed by atoms with Crippen LogP contribution in [0.5, 0.6) is 0 Å². The Labute approximate surface area is 484 Å². The number of allylic oxidation sites excluding steroid dienone is 7. The van der Waals surface area contributed by atoms with Crippen LogP contribution in [0.4, 0.5) is 0 Å². The molecule has 19 heteroatoms. The van der Waals surface area contributed by atoms with Gasteiger partial charge in [0, 0.05) is 6.42 Å². The SMILES string of the molecule is CCCCC/C=C/C(O)C(COC1OC(CO)C(OC2OC(CO)C(OC3OC(CO)C(O)C(O)C3O)C(O)C2O)C(O)C1O)NC(=O)CCCCCCCCCCCCCCCCCC/C=C\C/C=C\C/C=C\CCCCCCC. The molecule has 3 rings (SSSR count). The topological polar surface area (TPSA) is 307 Å². The summed E-state index contributed by atoms with van der Waals surface area (Å²) in [4.78, 5) is 13.2. The summed E-state index contributed by atoms with van der Waals surface area (Å²) >= 11 is 0. The molecule has 0 aromatic rings. The summed E-state index contributed by atoms with van der Waals surface area (Å²) in [6.45, 7) is 1.57. The van der Waals surface area contributed by atoms with Crippen molar-refractivity contribution in [3.63, 3.8) is 0 Å². The van der Waals surface area contributed by atoms with Gasteiger partial charge < -0.3 is 89.9 Å². The number of carbonyl (C=O) groups is 1. The molecule has 472 valence electrons. The van der Waals surface area contributed by atoms with E-state index in [0.717, 1.165) is 57.8 Å². The summed E-state index contributed by atoms with van der Waals surface area (Å²) in [7, 11) is 0. The number of aliphatic hydroxyl groups excluding tert-OH is 11. The molecule has 1 amide bonds. The Morgan fingerprint density at radius 1 is 0.444 bits per heavy atom. The Morgan fingerprint density at radius 3 is 1.30 bits per heavy atom. The summed E-state index contributed by atoms with van der Waals surface area (Å²) in [5, 5.41) is 119. The van der Waals surface area contributed by atoms with Crippen LogP contribution in [-0.4, -0.2) is 193 Å². The molecule has 0 aromatic heterocycles. The number of hydrogen-bond acceptors (Lipinski definition) is 18. The third-order valence-corrected chi connectivity index (χ3v) is 15.6. The second-order valence-corrected chi connectivity index (χ2v) is 22.5. The largest absolute Gasteiger partial charge is 0.394 e. The van der Waals surface area contributed by atoms with Crippen LogP contribution in [0.3, 0.4) is 0 Å². The van der Waals surface area contributed by atoms with Crippen LogP contribution in [0.15, 0.2) is 48.6 Å². The Hall–Kier alpha value is -2.25. The minimum Gasteiger partial charge on any atom is -0.394 e. The van der Waals surface area contributed by atoms with Gasteiger partial charge in [-0.25, -0.2) is 0 Å². The fraction of sp³-hybridized carbons (Fsp3) is 0.855. The van der Waals surface area contributed by atoms with Crippen molar-refractivity contribution in [3.05, 3.63) is 48.6 Å². The summed E-state index contributed by atoms with van der Waals surface area (Å²) in [5.41, 5.74) is 0. The fourth-order valence-corrected chi connectivity index (χ4v) is 10.4. The molecular formula is C62H111NO18. The number of unbranched alkanes of at least 4 members (excludes halogenated alkanes) is 24. The summed E-state index contributed by atoms with van der Waals surface area (Å²) in [6.07, 6.45) is 24.8. The van der Waals surface area contributed by atoms with Crippen molar-refractivity contribution in [2.24, 2.45) is 0 Å². The van der Waals surface area contributed by atoms with E-state index < -0.39 is 124 Å². The lowest BCUT2D eigenvalue weighted by molar-refractivity contribution is -0.379. The number of hydrogen-bond donors (Lipinski definition) is 12. The molecule has 3 fully saturated rings. The van der Waals surface area contributed by atoms with E-state index in [0.29, 0.717) is 6.42 Å². The third kappa shape index (κ3) is 28.7. The van der Waals surface area contributed by atoms with Gasteiger partial charge in [0.25, 0.3) is 0 Å². The average molecular weight is 1160 g/mol. The molecule has 0 radical (unpaired) electrons. The van der Waals surface area contributed by atoms with E-state index in [-0.39, 0.29) is 18.9 Å². The van der Waals surface area contributed by atoms with E-state index in [1.807, 2.05) is 6.08 Å². The average Bonchev–Trinajstić information content (AvgIpc) is 3.48. The second kappa shape index (κ2) is 45.1. The van der Waals surface area contributed by atoms with Gasteiger partial charge in [-0.2, -0.15) is 0 Å². The quantitative estimate of drug-likeness (QED) is 0.0236. The smallest absolute Gasteiger partial charge is 0.220 e. The molecule has 3 heterocycles. The molecule has 17 unspecified atom stereocenters. The lowest BCUT2D eigenvalue weighted by Gasteiger charge is -2.48. The molecule has 19 nitrogen and oxygen atoms in total. The molecular weight excluding hydrogens is 1050 g/mol. The highest BCUT2D eigenvalue weighted by molar-refractivity contribution is 5.76. The number of ether oxygens (including phenoxy) is 6. The normalized spacial score (nSPS) is 30.1. The van der Waals surface area contributed by atoms with Gasteiger partial charge in [0.1, 0.15) is 73.2 Å². The van der Waals surface area contributed by atoms with Crippen LogP contribution in [0.25, 0.3) is 0 Å². The van der Waals surface area contributed by atoms with Crippen LogP contribution in [0.2, 0.25) is 0 Å². The Kier molecular flexibility index (Phi) is 40.7. The standard InChI is InChI=1S/C62H111NO18/c1-3-5-7-9-10-11-12-13-14-15-16-17-18-19-20-21-22-23-24-25-26-27-28-29-30-31-32-33-34-36-38-40-50(68)63-45(46(67)39-37-35-8-6-4-2)44-76-60-56(74)53(71)58(48(42-65)78-60)81-62-57(75)54(72)59(49(43-66)79-62)80-61-55(73)52(70)51(69)47(41-64)77-61/h12-13,15-16,18-19,37,39,45-49,51-62,64-67,69-75H,3-11,14,17,20-36,38,40-44H2,1-2H3,(H,63,68)/b13-12-,16-15-,19-18-,39-37+. The molecule has 17 atom stereocenters. The molecule has 0 bridgehead atoms. The number of rotatable bonds is 46. The first-order chi connectivity index (χ1) is 39.3. The predicted octanol–water partition coefficient (Wildman–Crippen LogP) is 6.26. The van der Waals surface area contributed by atoms with E-state index in [2.05, 4.69) is 55.6 Å². The summed E-state index contributed by atoms with van der Waals surface area (Å²) in [5.74, 6) is -0.284. The van der Waals surface area contributed by atoms with Crippen LogP contribution < -0.4 is 5.32 Å². The number of amides is 1. The number of carbonyl (C=O) groups excluding carboxylic acids is 1. The van der Waals surface area contributed by atoms with E-state index >= 15 is 0 Å².